The number of carbonyl (C=O) groups is 2. The maximum Gasteiger partial charge on any atom is 0.264 e. The van der Waals surface area contributed by atoms with Crippen molar-refractivity contribution in [2.45, 2.75) is 31.3 Å². The molecule has 35 heavy (non-hydrogen) atoms. The van der Waals surface area contributed by atoms with Crippen molar-refractivity contribution in [2.75, 3.05) is 17.9 Å². The molecule has 3 aromatic carbocycles. The van der Waals surface area contributed by atoms with Crippen LogP contribution < -0.4 is 9.62 Å². The summed E-state index contributed by atoms with van der Waals surface area (Å²) in [5.41, 5.74) is 1.33. The van der Waals surface area contributed by atoms with Crippen molar-refractivity contribution in [1.29, 1.82) is 0 Å². The summed E-state index contributed by atoms with van der Waals surface area (Å²) in [5, 5.41) is 2.49. The van der Waals surface area contributed by atoms with E-state index in [-0.39, 0.29) is 17.0 Å². The highest BCUT2D eigenvalue weighted by molar-refractivity contribution is 7.92. The number of carbonyl (C=O) groups excluding carboxylic acids is 2. The summed E-state index contributed by atoms with van der Waals surface area (Å²) in [7, 11) is -2.69. The fourth-order valence-electron chi connectivity index (χ4n) is 3.63. The van der Waals surface area contributed by atoms with Crippen LogP contribution in [0.1, 0.15) is 18.1 Å². The molecule has 7 nitrogen and oxygen atoms in total. The summed E-state index contributed by atoms with van der Waals surface area (Å²) in [6.45, 7) is 2.56. The lowest BCUT2D eigenvalue weighted by atomic mass is 10.1. The molecule has 0 aliphatic rings. The van der Waals surface area contributed by atoms with Crippen molar-refractivity contribution in [3.8, 4) is 0 Å². The molecule has 1 atom stereocenters. The standard InChI is InChI=1S/C26H28FN3O4S/c1-19-10-9-12-22(16-19)30(35(33,34)23-13-5-4-6-14-23)18-25(31)29(20(2)26(32)28-3)17-21-11-7-8-15-24(21)27/h4-16,20H,17-18H2,1-3H3,(H,28,32)/t20-/m1/s1. The number of likely N-dealkylation sites (N-methyl/N-ethyl adjacent to an activating group) is 1. The van der Waals surface area contributed by atoms with Crippen LogP contribution in [0.2, 0.25) is 0 Å². The molecule has 0 fully saturated rings. The van der Waals surface area contributed by atoms with Crippen LogP contribution >= 0.6 is 0 Å². The van der Waals surface area contributed by atoms with Crippen LogP contribution in [0.5, 0.6) is 0 Å². The molecule has 0 spiro atoms. The Hall–Kier alpha value is -3.72. The zero-order chi connectivity index (χ0) is 25.6. The lowest BCUT2D eigenvalue weighted by molar-refractivity contribution is -0.139. The topological polar surface area (TPSA) is 86.8 Å². The molecule has 0 bridgehead atoms. The number of amides is 2. The average Bonchev–Trinajstić information content (AvgIpc) is 2.86. The van der Waals surface area contributed by atoms with Crippen LogP contribution in [0.15, 0.2) is 83.8 Å². The van der Waals surface area contributed by atoms with Crippen molar-refractivity contribution in [2.24, 2.45) is 0 Å². The Bertz CT molecular complexity index is 1300. The van der Waals surface area contributed by atoms with E-state index < -0.39 is 40.2 Å². The number of nitrogens with one attached hydrogen (secondary N) is 1. The predicted octanol–water partition coefficient (Wildman–Crippen LogP) is 3.49. The van der Waals surface area contributed by atoms with E-state index in [1.807, 2.05) is 13.0 Å². The lowest BCUT2D eigenvalue weighted by Gasteiger charge is -2.32. The summed E-state index contributed by atoms with van der Waals surface area (Å²) in [6, 6.07) is 19.6. The maximum absolute atomic E-state index is 14.4. The number of nitrogens with zero attached hydrogens (tertiary/aromatic N) is 2. The van der Waals surface area contributed by atoms with Crippen molar-refractivity contribution >= 4 is 27.5 Å². The number of halogens is 1. The molecule has 1 N–H and O–H groups in total. The largest absolute Gasteiger partial charge is 0.357 e. The van der Waals surface area contributed by atoms with Gasteiger partial charge in [-0.05, 0) is 49.7 Å². The van der Waals surface area contributed by atoms with Gasteiger partial charge in [-0.1, -0.05) is 48.5 Å². The van der Waals surface area contributed by atoms with Gasteiger partial charge in [0.15, 0.2) is 0 Å². The average molecular weight is 498 g/mol. The fraction of sp³-hybridized carbons (Fsp3) is 0.231. The van der Waals surface area contributed by atoms with E-state index in [4.69, 9.17) is 0 Å². The van der Waals surface area contributed by atoms with Crippen LogP contribution in [0, 0.1) is 12.7 Å². The van der Waals surface area contributed by atoms with Gasteiger partial charge < -0.3 is 10.2 Å². The Morgan fingerprint density at radius 3 is 2.26 bits per heavy atom. The predicted molar refractivity (Wildman–Crippen MR) is 133 cm³/mol. The van der Waals surface area contributed by atoms with E-state index in [1.165, 1.54) is 49.2 Å². The van der Waals surface area contributed by atoms with Gasteiger partial charge >= 0.3 is 0 Å². The number of hydrogen-bond donors (Lipinski definition) is 1. The van der Waals surface area contributed by atoms with Gasteiger partial charge in [0, 0.05) is 19.2 Å². The third-order valence-electron chi connectivity index (χ3n) is 5.61. The molecule has 0 saturated carbocycles. The molecular weight excluding hydrogens is 469 g/mol. The third-order valence-corrected chi connectivity index (χ3v) is 7.40. The van der Waals surface area contributed by atoms with Crippen molar-refractivity contribution in [1.82, 2.24) is 10.2 Å². The summed E-state index contributed by atoms with van der Waals surface area (Å²) in [6.07, 6.45) is 0. The summed E-state index contributed by atoms with van der Waals surface area (Å²) in [4.78, 5) is 27.2. The summed E-state index contributed by atoms with van der Waals surface area (Å²) >= 11 is 0. The molecule has 3 aromatic rings. The zero-order valence-electron chi connectivity index (χ0n) is 19.8. The first-order valence-electron chi connectivity index (χ1n) is 11.0. The van der Waals surface area contributed by atoms with Gasteiger partial charge in [-0.25, -0.2) is 12.8 Å². The molecule has 0 radical (unpaired) electrons. The van der Waals surface area contributed by atoms with Crippen LogP contribution in [0.3, 0.4) is 0 Å². The fourth-order valence-corrected chi connectivity index (χ4v) is 5.06. The van der Waals surface area contributed by atoms with E-state index >= 15 is 0 Å². The number of hydrogen-bond acceptors (Lipinski definition) is 4. The maximum atomic E-state index is 14.4. The van der Waals surface area contributed by atoms with Crippen molar-refractivity contribution in [3.63, 3.8) is 0 Å². The Labute approximate surface area is 205 Å². The van der Waals surface area contributed by atoms with E-state index in [0.717, 1.165) is 9.87 Å². The van der Waals surface area contributed by atoms with Crippen LogP contribution in [0.4, 0.5) is 10.1 Å². The molecule has 0 aliphatic heterocycles. The molecule has 184 valence electrons. The number of rotatable bonds is 9. The highest BCUT2D eigenvalue weighted by Gasteiger charge is 2.32. The second-order valence-corrected chi connectivity index (χ2v) is 9.93. The Balaban J connectivity index is 2.04. The van der Waals surface area contributed by atoms with Gasteiger partial charge in [-0.3, -0.25) is 13.9 Å². The number of sulfonamides is 1. The van der Waals surface area contributed by atoms with E-state index in [1.54, 1.807) is 42.5 Å². The smallest absolute Gasteiger partial charge is 0.264 e. The first-order chi connectivity index (χ1) is 16.6. The normalized spacial score (nSPS) is 12.0. The second kappa shape index (κ2) is 11.1. The minimum atomic E-state index is -4.12. The molecule has 0 saturated heterocycles. The molecule has 0 aromatic heterocycles. The van der Waals surface area contributed by atoms with Gasteiger partial charge in [0.25, 0.3) is 10.0 Å². The molecule has 0 unspecified atom stereocenters. The monoisotopic (exact) mass is 497 g/mol. The molecule has 0 heterocycles. The highest BCUT2D eigenvalue weighted by atomic mass is 32.2. The first kappa shape index (κ1) is 25.9. The lowest BCUT2D eigenvalue weighted by Crippen LogP contribution is -2.50. The van der Waals surface area contributed by atoms with E-state index in [0.29, 0.717) is 5.69 Å². The van der Waals surface area contributed by atoms with Crippen molar-refractivity contribution < 1.29 is 22.4 Å². The molecule has 3 rings (SSSR count). The number of aryl methyl sites for hydroxylation is 1. The second-order valence-electron chi connectivity index (χ2n) is 8.07. The Morgan fingerprint density at radius 2 is 1.63 bits per heavy atom. The Morgan fingerprint density at radius 1 is 0.971 bits per heavy atom. The Kier molecular flexibility index (Phi) is 8.24. The van der Waals surface area contributed by atoms with E-state index in [2.05, 4.69) is 5.32 Å². The molecule has 2 amide bonds. The van der Waals surface area contributed by atoms with Gasteiger partial charge in [-0.2, -0.15) is 0 Å². The summed E-state index contributed by atoms with van der Waals surface area (Å²) in [5.74, 6) is -1.63. The third kappa shape index (κ3) is 6.05. The number of benzene rings is 3. The van der Waals surface area contributed by atoms with Gasteiger partial charge in [-0.15, -0.1) is 0 Å². The van der Waals surface area contributed by atoms with Gasteiger partial charge in [0.05, 0.1) is 10.6 Å². The van der Waals surface area contributed by atoms with Crippen LogP contribution in [0.25, 0.3) is 0 Å². The highest BCUT2D eigenvalue weighted by Crippen LogP contribution is 2.25. The molecular formula is C26H28FN3O4S. The summed E-state index contributed by atoms with van der Waals surface area (Å²) < 4.78 is 42.6. The van der Waals surface area contributed by atoms with E-state index in [9.17, 15) is 22.4 Å². The minimum absolute atomic E-state index is 0.0225. The molecule has 9 heteroatoms. The SMILES string of the molecule is CNC(=O)[C@@H](C)N(Cc1ccccc1F)C(=O)CN(c1cccc(C)c1)S(=O)(=O)c1ccccc1. The quantitative estimate of drug-likeness (QED) is 0.490. The molecule has 0 aliphatic carbocycles. The first-order valence-corrected chi connectivity index (χ1v) is 12.5. The van der Waals surface area contributed by atoms with Crippen LogP contribution in [-0.4, -0.2) is 44.8 Å². The minimum Gasteiger partial charge on any atom is -0.357 e. The van der Waals surface area contributed by atoms with Gasteiger partial charge in [0.2, 0.25) is 11.8 Å². The van der Waals surface area contributed by atoms with Gasteiger partial charge in [0.1, 0.15) is 18.4 Å². The van der Waals surface area contributed by atoms with Crippen LogP contribution in [-0.2, 0) is 26.2 Å². The van der Waals surface area contributed by atoms with Crippen molar-refractivity contribution in [3.05, 3.63) is 95.8 Å². The number of anilines is 1. The zero-order valence-corrected chi connectivity index (χ0v) is 20.6.